The van der Waals surface area contributed by atoms with Gasteiger partial charge in [-0.1, -0.05) is 29.8 Å². The summed E-state index contributed by atoms with van der Waals surface area (Å²) in [5, 5.41) is 1.43. The third-order valence-electron chi connectivity index (χ3n) is 5.17. The predicted octanol–water partition coefficient (Wildman–Crippen LogP) is 1.87. The molecule has 150 valence electrons. The lowest BCUT2D eigenvalue weighted by Crippen LogP contribution is -3.15. The average Bonchev–Trinajstić information content (AvgIpc) is 2.75. The van der Waals surface area contributed by atoms with Crippen LogP contribution >= 0.6 is 11.6 Å². The molecule has 1 aliphatic heterocycles. The lowest BCUT2D eigenvalue weighted by atomic mass is 10.1. The van der Waals surface area contributed by atoms with Gasteiger partial charge in [-0.05, 0) is 36.4 Å². The van der Waals surface area contributed by atoms with Crippen LogP contribution in [0.1, 0.15) is 10.4 Å². The van der Waals surface area contributed by atoms with Crippen LogP contribution in [-0.2, 0) is 0 Å². The number of hydrogen-bond donors (Lipinski definition) is 1. The monoisotopic (exact) mass is 413 g/mol. The lowest BCUT2D eigenvalue weighted by molar-refractivity contribution is -0.903. The number of nitrogens with one attached hydrogen (secondary N) is 1. The molecular formula is C22H22ClN2O4+. The van der Waals surface area contributed by atoms with Crippen LogP contribution < -0.4 is 15.3 Å². The number of rotatable bonds is 5. The number of carbonyl (C=O) groups excluding carboxylic acids is 1. The molecule has 0 unspecified atom stereocenters. The number of quaternary nitrogens is 1. The van der Waals surface area contributed by atoms with E-state index in [1.165, 1.54) is 4.90 Å². The van der Waals surface area contributed by atoms with E-state index in [0.29, 0.717) is 30.3 Å². The zero-order valence-corrected chi connectivity index (χ0v) is 16.7. The highest BCUT2D eigenvalue weighted by Gasteiger charge is 2.26. The number of fused-ring (bicyclic) bond motifs is 1. The molecule has 0 atom stereocenters. The molecule has 0 bridgehead atoms. The minimum absolute atomic E-state index is 0.0956. The van der Waals surface area contributed by atoms with Crippen molar-refractivity contribution in [1.82, 2.24) is 4.90 Å². The second kappa shape index (κ2) is 8.68. The van der Waals surface area contributed by atoms with E-state index in [0.717, 1.165) is 30.8 Å². The van der Waals surface area contributed by atoms with Gasteiger partial charge in [0, 0.05) is 10.4 Å². The summed E-state index contributed by atoms with van der Waals surface area (Å²) in [4.78, 5) is 28.1. The number of benzene rings is 2. The van der Waals surface area contributed by atoms with Gasteiger partial charge in [-0.15, -0.1) is 0 Å². The normalized spacial score (nSPS) is 14.9. The molecule has 0 radical (unpaired) electrons. The number of halogens is 1. The maximum Gasteiger partial charge on any atom is 0.349 e. The van der Waals surface area contributed by atoms with Gasteiger partial charge in [-0.3, -0.25) is 4.79 Å². The first kappa shape index (κ1) is 19.5. The van der Waals surface area contributed by atoms with Crippen molar-refractivity contribution in [2.24, 2.45) is 0 Å². The maximum absolute atomic E-state index is 12.8. The van der Waals surface area contributed by atoms with Crippen molar-refractivity contribution in [2.45, 2.75) is 0 Å². The molecule has 2 heterocycles. The maximum atomic E-state index is 12.8. The van der Waals surface area contributed by atoms with Gasteiger partial charge in [0.25, 0.3) is 5.91 Å². The standard InChI is InChI=1S/C22H21ClN2O4/c23-17-5-7-18(8-6-17)28-14-13-24-9-11-25(12-10-24)21(26)19-15-16-3-1-2-4-20(16)29-22(19)27/h1-8,15H,9-14H2/p+1. The fraction of sp³-hybridized carbons (Fsp3) is 0.273. The molecule has 1 fully saturated rings. The van der Waals surface area contributed by atoms with Crippen molar-refractivity contribution >= 4 is 28.5 Å². The van der Waals surface area contributed by atoms with E-state index in [-0.39, 0.29) is 11.5 Å². The first-order valence-corrected chi connectivity index (χ1v) is 10.0. The summed E-state index contributed by atoms with van der Waals surface area (Å²) in [6.45, 7) is 4.27. The summed E-state index contributed by atoms with van der Waals surface area (Å²) in [5.41, 5.74) is 0.00191. The van der Waals surface area contributed by atoms with Gasteiger partial charge in [0.1, 0.15) is 30.0 Å². The molecule has 0 spiro atoms. The van der Waals surface area contributed by atoms with Crippen molar-refractivity contribution in [3.05, 3.63) is 75.6 Å². The van der Waals surface area contributed by atoms with E-state index in [9.17, 15) is 9.59 Å². The van der Waals surface area contributed by atoms with E-state index < -0.39 is 5.63 Å². The van der Waals surface area contributed by atoms with Crippen molar-refractivity contribution in [1.29, 1.82) is 0 Å². The van der Waals surface area contributed by atoms with Crippen LogP contribution in [0.25, 0.3) is 11.0 Å². The molecule has 1 aliphatic rings. The Morgan fingerprint density at radius 3 is 2.59 bits per heavy atom. The number of piperazine rings is 1. The number of nitrogens with zero attached hydrogens (tertiary/aromatic N) is 1. The average molecular weight is 414 g/mol. The highest BCUT2D eigenvalue weighted by molar-refractivity contribution is 6.30. The summed E-state index contributed by atoms with van der Waals surface area (Å²) in [6.07, 6.45) is 0. The predicted molar refractivity (Wildman–Crippen MR) is 111 cm³/mol. The number of amides is 1. The molecule has 7 heteroatoms. The van der Waals surface area contributed by atoms with Gasteiger partial charge in [0.05, 0.1) is 26.2 Å². The molecular weight excluding hydrogens is 392 g/mol. The Hall–Kier alpha value is -2.83. The van der Waals surface area contributed by atoms with E-state index >= 15 is 0 Å². The Labute approximate surface area is 173 Å². The molecule has 0 saturated carbocycles. The first-order valence-electron chi connectivity index (χ1n) is 9.64. The van der Waals surface area contributed by atoms with Crippen LogP contribution in [0.5, 0.6) is 5.75 Å². The van der Waals surface area contributed by atoms with Crippen LogP contribution in [-0.4, -0.2) is 50.1 Å². The highest BCUT2D eigenvalue weighted by atomic mass is 35.5. The second-order valence-electron chi connectivity index (χ2n) is 7.08. The van der Waals surface area contributed by atoms with Crippen LogP contribution in [0.4, 0.5) is 0 Å². The number of ether oxygens (including phenoxy) is 1. The molecule has 29 heavy (non-hydrogen) atoms. The fourth-order valence-electron chi connectivity index (χ4n) is 3.50. The van der Waals surface area contributed by atoms with Crippen molar-refractivity contribution < 1.29 is 18.8 Å². The van der Waals surface area contributed by atoms with Gasteiger partial charge in [0.2, 0.25) is 0 Å². The second-order valence-corrected chi connectivity index (χ2v) is 7.52. The lowest BCUT2D eigenvalue weighted by Gasteiger charge is -2.32. The Morgan fingerprint density at radius 1 is 1.10 bits per heavy atom. The first-order chi connectivity index (χ1) is 14.1. The van der Waals surface area contributed by atoms with Crippen molar-refractivity contribution in [3.8, 4) is 5.75 Å². The van der Waals surface area contributed by atoms with Crippen LogP contribution in [0, 0.1) is 0 Å². The largest absolute Gasteiger partial charge is 0.488 e. The summed E-state index contributed by atoms with van der Waals surface area (Å²) in [5.74, 6) is 0.534. The number of hydrogen-bond acceptors (Lipinski definition) is 4. The summed E-state index contributed by atoms with van der Waals surface area (Å²) in [6, 6.07) is 16.1. The molecule has 0 aliphatic carbocycles. The minimum Gasteiger partial charge on any atom is -0.488 e. The Kier molecular flexibility index (Phi) is 5.83. The van der Waals surface area contributed by atoms with Gasteiger partial charge < -0.3 is 19.0 Å². The zero-order chi connectivity index (χ0) is 20.2. The SMILES string of the molecule is O=C(c1cc2ccccc2oc1=O)N1CC[NH+](CCOc2ccc(Cl)cc2)CC1. The molecule has 2 aromatic carbocycles. The smallest absolute Gasteiger partial charge is 0.349 e. The van der Waals surface area contributed by atoms with Gasteiger partial charge in [-0.2, -0.15) is 0 Å². The Morgan fingerprint density at radius 2 is 1.83 bits per heavy atom. The molecule has 1 saturated heterocycles. The van der Waals surface area contributed by atoms with E-state index in [4.69, 9.17) is 20.8 Å². The molecule has 1 amide bonds. The van der Waals surface area contributed by atoms with E-state index in [1.807, 2.05) is 24.3 Å². The fourth-order valence-corrected chi connectivity index (χ4v) is 3.63. The third-order valence-corrected chi connectivity index (χ3v) is 5.42. The summed E-state index contributed by atoms with van der Waals surface area (Å²) < 4.78 is 11.0. The van der Waals surface area contributed by atoms with Gasteiger partial charge >= 0.3 is 5.63 Å². The third kappa shape index (κ3) is 4.60. The van der Waals surface area contributed by atoms with Crippen LogP contribution in [0.15, 0.2) is 63.8 Å². The quantitative estimate of drug-likeness (QED) is 0.648. The van der Waals surface area contributed by atoms with Crippen LogP contribution in [0.3, 0.4) is 0 Å². The Bertz CT molecular complexity index is 1060. The number of carbonyl (C=O) groups is 1. The highest BCUT2D eigenvalue weighted by Crippen LogP contribution is 2.15. The van der Waals surface area contributed by atoms with Crippen molar-refractivity contribution in [3.63, 3.8) is 0 Å². The summed E-state index contributed by atoms with van der Waals surface area (Å²) >= 11 is 5.87. The Balaban J connectivity index is 1.31. The van der Waals surface area contributed by atoms with E-state index in [1.54, 1.807) is 35.2 Å². The zero-order valence-electron chi connectivity index (χ0n) is 15.9. The van der Waals surface area contributed by atoms with E-state index in [2.05, 4.69) is 0 Å². The van der Waals surface area contributed by atoms with Crippen LogP contribution in [0.2, 0.25) is 5.02 Å². The topological polar surface area (TPSA) is 64.2 Å². The van der Waals surface area contributed by atoms with Gasteiger partial charge in [-0.25, -0.2) is 4.79 Å². The molecule has 3 aromatic rings. The molecule has 6 nitrogen and oxygen atoms in total. The van der Waals surface area contributed by atoms with Gasteiger partial charge in [0.15, 0.2) is 0 Å². The minimum atomic E-state index is -0.583. The molecule has 1 N–H and O–H groups in total. The van der Waals surface area contributed by atoms with Crippen molar-refractivity contribution in [2.75, 3.05) is 39.3 Å². The molecule has 4 rings (SSSR count). The molecule has 1 aromatic heterocycles. The summed E-state index contributed by atoms with van der Waals surface area (Å²) in [7, 11) is 0. The number of para-hydroxylation sites is 1.